The molecule has 0 bridgehead atoms. The fourth-order valence-corrected chi connectivity index (χ4v) is 1.85. The zero-order valence-electron chi connectivity index (χ0n) is 7.98. The lowest BCUT2D eigenvalue weighted by Gasteiger charge is -2.12. The summed E-state index contributed by atoms with van der Waals surface area (Å²) in [5, 5.41) is 0. The predicted octanol–water partition coefficient (Wildman–Crippen LogP) is 2.03. The van der Waals surface area contributed by atoms with Gasteiger partial charge in [-0.3, -0.25) is 4.31 Å². The average Bonchev–Trinajstić information content (AvgIpc) is 2.28. The van der Waals surface area contributed by atoms with Crippen molar-refractivity contribution >= 4 is 39.0 Å². The van der Waals surface area contributed by atoms with E-state index in [1.54, 1.807) is 6.07 Å². The van der Waals surface area contributed by atoms with E-state index in [0.717, 1.165) is 5.52 Å². The zero-order valence-corrected chi connectivity index (χ0v) is 10.8. The number of benzene rings is 1. The van der Waals surface area contributed by atoms with E-state index in [-0.39, 0.29) is 5.88 Å². The van der Waals surface area contributed by atoms with Gasteiger partial charge in [0, 0.05) is 21.3 Å². The van der Waals surface area contributed by atoms with E-state index in [2.05, 4.69) is 26.1 Å². The molecule has 1 aromatic carbocycles. The van der Waals surface area contributed by atoms with E-state index < -0.39 is 6.72 Å². The Labute approximate surface area is 99.4 Å². The minimum Gasteiger partial charge on any atom is -0.404 e. The van der Waals surface area contributed by atoms with Crippen LogP contribution in [0, 0.1) is 0 Å². The Morgan fingerprint density at radius 2 is 2.00 bits per heavy atom. The first-order chi connectivity index (χ1) is 7.61. The minimum atomic E-state index is -3.28. The lowest BCUT2D eigenvalue weighted by Crippen LogP contribution is -1.94. The molecule has 1 heterocycles. The van der Waals surface area contributed by atoms with Crippen molar-refractivity contribution in [3.05, 3.63) is 30.5 Å². The Morgan fingerprint density at radius 3 is 2.69 bits per heavy atom. The Hall–Kier alpha value is -0.640. The maximum absolute atomic E-state index is 9.44. The zero-order chi connectivity index (χ0) is 11.6. The summed E-state index contributed by atoms with van der Waals surface area (Å²) in [6.07, 6.45) is 1.39. The quantitative estimate of drug-likeness (QED) is 0.864. The maximum atomic E-state index is 9.44. The predicted molar refractivity (Wildman–Crippen MR) is 67.5 cm³/mol. The first kappa shape index (κ1) is 11.8. The number of para-hydroxylation sites is 2. The molecular formula is C8H8N2O3P2S. The molecule has 0 aliphatic rings. The van der Waals surface area contributed by atoms with Crippen LogP contribution in [-0.4, -0.2) is 14.9 Å². The van der Waals surface area contributed by atoms with Crippen molar-refractivity contribution in [2.75, 3.05) is 0 Å². The second-order valence-corrected chi connectivity index (χ2v) is 6.21. The van der Waals surface area contributed by atoms with Crippen LogP contribution in [0.15, 0.2) is 30.5 Å². The van der Waals surface area contributed by atoms with Crippen LogP contribution in [0.5, 0.6) is 5.88 Å². The normalized spacial score (nSPS) is 14.6. The summed E-state index contributed by atoms with van der Waals surface area (Å²) in [5.74, 6) is 0.145. The van der Waals surface area contributed by atoms with Gasteiger partial charge in [-0.1, -0.05) is 12.1 Å². The molecule has 0 amide bonds. The second kappa shape index (κ2) is 4.70. The van der Waals surface area contributed by atoms with Gasteiger partial charge in [-0.15, -0.1) is 0 Å². The van der Waals surface area contributed by atoms with Crippen molar-refractivity contribution in [1.82, 2.24) is 9.97 Å². The van der Waals surface area contributed by atoms with Crippen molar-refractivity contribution in [2.45, 2.75) is 0 Å². The molecule has 2 aromatic rings. The van der Waals surface area contributed by atoms with Gasteiger partial charge < -0.3 is 9.42 Å². The molecule has 84 valence electrons. The van der Waals surface area contributed by atoms with Crippen LogP contribution in [0.1, 0.15) is 0 Å². The van der Waals surface area contributed by atoms with Gasteiger partial charge in [0.15, 0.2) is 0 Å². The number of hydrogen-bond donors (Lipinski definition) is 1. The van der Waals surface area contributed by atoms with Crippen molar-refractivity contribution < 1.29 is 13.7 Å². The number of aromatic nitrogens is 2. The Morgan fingerprint density at radius 1 is 1.31 bits per heavy atom. The van der Waals surface area contributed by atoms with Gasteiger partial charge >= 0.3 is 6.72 Å². The highest BCUT2D eigenvalue weighted by molar-refractivity contribution is 8.08. The molecule has 0 spiro atoms. The highest BCUT2D eigenvalue weighted by Crippen LogP contribution is 2.45. The van der Waals surface area contributed by atoms with Crippen molar-refractivity contribution in [1.29, 1.82) is 0 Å². The third-order valence-corrected chi connectivity index (χ3v) is 4.25. The molecule has 0 radical (unpaired) electrons. The van der Waals surface area contributed by atoms with Crippen LogP contribution in [0.3, 0.4) is 0 Å². The first-order valence-electron chi connectivity index (χ1n) is 4.23. The van der Waals surface area contributed by atoms with E-state index in [4.69, 9.17) is 4.52 Å². The number of rotatable bonds is 3. The summed E-state index contributed by atoms with van der Waals surface area (Å²) in [4.78, 5) is 17.7. The molecule has 8 heteroatoms. The van der Waals surface area contributed by atoms with Gasteiger partial charge in [0.2, 0.25) is 5.88 Å². The minimum absolute atomic E-state index is 0.145. The summed E-state index contributed by atoms with van der Waals surface area (Å²) < 4.78 is 9.59. The lowest BCUT2D eigenvalue weighted by molar-refractivity contribution is 0.392. The number of nitrogens with zero attached hydrogens (tertiary/aromatic N) is 2. The molecule has 5 nitrogen and oxygen atoms in total. The average molecular weight is 274 g/mol. The van der Waals surface area contributed by atoms with Gasteiger partial charge in [0.05, 0.1) is 17.2 Å². The SMILES string of the molecule is OP(=S)(OP)Oc1cnc2ccccc2n1. The van der Waals surface area contributed by atoms with Gasteiger partial charge in [-0.25, -0.2) is 9.97 Å². The standard InChI is InChI=1S/C8H8N2O3P2S/c11-15(16,13-14)12-8-5-9-6-3-1-2-4-7(6)10-8/h1-5H,14H2,(H,11,16). The van der Waals surface area contributed by atoms with Crippen LogP contribution in [-0.2, 0) is 16.1 Å². The van der Waals surface area contributed by atoms with Crippen LogP contribution in [0.2, 0.25) is 0 Å². The molecule has 2 unspecified atom stereocenters. The second-order valence-electron chi connectivity index (χ2n) is 2.86. The first-order valence-corrected chi connectivity index (χ1v) is 7.29. The summed E-state index contributed by atoms with van der Waals surface area (Å²) in [7, 11) is 1.87. The third kappa shape index (κ3) is 2.73. The molecule has 2 atom stereocenters. The monoisotopic (exact) mass is 274 g/mol. The van der Waals surface area contributed by atoms with Crippen LogP contribution in [0.25, 0.3) is 11.0 Å². The highest BCUT2D eigenvalue weighted by atomic mass is 32.5. The highest BCUT2D eigenvalue weighted by Gasteiger charge is 2.15. The summed E-state index contributed by atoms with van der Waals surface area (Å²) in [6.45, 7) is -3.28. The van der Waals surface area contributed by atoms with Gasteiger partial charge in [0.1, 0.15) is 0 Å². The van der Waals surface area contributed by atoms with E-state index in [1.165, 1.54) is 6.20 Å². The smallest absolute Gasteiger partial charge is 0.381 e. The summed E-state index contributed by atoms with van der Waals surface area (Å²) in [6, 6.07) is 7.31. The summed E-state index contributed by atoms with van der Waals surface area (Å²) >= 11 is 4.68. The van der Waals surface area contributed by atoms with Crippen LogP contribution >= 0.6 is 16.2 Å². The molecule has 0 saturated heterocycles. The molecule has 0 saturated carbocycles. The van der Waals surface area contributed by atoms with Crippen LogP contribution in [0.4, 0.5) is 0 Å². The Balaban J connectivity index is 2.37. The molecular weight excluding hydrogens is 266 g/mol. The third-order valence-electron chi connectivity index (χ3n) is 1.77. The Bertz CT molecular complexity index is 566. The number of fused-ring (bicyclic) bond motifs is 1. The van der Waals surface area contributed by atoms with Gasteiger partial charge in [0.25, 0.3) is 0 Å². The van der Waals surface area contributed by atoms with E-state index in [9.17, 15) is 4.89 Å². The molecule has 1 N–H and O–H groups in total. The fourth-order valence-electron chi connectivity index (χ4n) is 1.12. The molecule has 16 heavy (non-hydrogen) atoms. The molecule has 1 aromatic heterocycles. The lowest BCUT2D eigenvalue weighted by atomic mass is 10.3. The fraction of sp³-hybridized carbons (Fsp3) is 0. The van der Waals surface area contributed by atoms with Crippen molar-refractivity contribution in [3.8, 4) is 5.88 Å². The van der Waals surface area contributed by atoms with E-state index in [0.29, 0.717) is 5.52 Å². The van der Waals surface area contributed by atoms with Crippen LogP contribution < -0.4 is 4.52 Å². The molecule has 2 rings (SSSR count). The van der Waals surface area contributed by atoms with E-state index >= 15 is 0 Å². The van der Waals surface area contributed by atoms with Gasteiger partial charge in [-0.05, 0) is 12.1 Å². The van der Waals surface area contributed by atoms with Crippen molar-refractivity contribution in [3.63, 3.8) is 0 Å². The number of hydrogen-bond acceptors (Lipinski definition) is 5. The van der Waals surface area contributed by atoms with Gasteiger partial charge in [-0.2, -0.15) is 0 Å². The summed E-state index contributed by atoms with van der Waals surface area (Å²) in [5.41, 5.74) is 1.41. The molecule has 0 aliphatic carbocycles. The maximum Gasteiger partial charge on any atom is 0.381 e. The molecule has 0 aliphatic heterocycles. The van der Waals surface area contributed by atoms with Crippen molar-refractivity contribution in [2.24, 2.45) is 0 Å². The Kier molecular flexibility index (Phi) is 3.47. The largest absolute Gasteiger partial charge is 0.404 e. The molecule has 0 fully saturated rings. The van der Waals surface area contributed by atoms with E-state index in [1.807, 2.05) is 27.7 Å². The topological polar surface area (TPSA) is 64.5 Å².